The Morgan fingerprint density at radius 1 is 0.763 bits per heavy atom. The summed E-state index contributed by atoms with van der Waals surface area (Å²) < 4.78 is 31.9. The summed E-state index contributed by atoms with van der Waals surface area (Å²) in [4.78, 5) is 23.5. The van der Waals surface area contributed by atoms with Crippen LogP contribution in [0.1, 0.15) is 77.8 Å². The fraction of sp³-hybridized carbons (Fsp3) is 0.533. The predicted molar refractivity (Wildman–Crippen MR) is 146 cm³/mol. The summed E-state index contributed by atoms with van der Waals surface area (Å²) in [6, 6.07) is 11.8. The van der Waals surface area contributed by atoms with Gasteiger partial charge in [-0.1, -0.05) is 76.3 Å². The second kappa shape index (κ2) is 15.7. The minimum absolute atomic E-state index is 0.195. The Bertz CT molecular complexity index is 986. The van der Waals surface area contributed by atoms with Crippen LogP contribution >= 0.6 is 0 Å². The molecule has 0 spiro atoms. The molecule has 0 aromatic heterocycles. The first-order chi connectivity index (χ1) is 18.2. The van der Waals surface area contributed by atoms with Gasteiger partial charge in [0.25, 0.3) is 0 Å². The molecule has 8 nitrogen and oxygen atoms in total. The van der Waals surface area contributed by atoms with E-state index in [0.717, 1.165) is 36.0 Å². The summed E-state index contributed by atoms with van der Waals surface area (Å²) in [7, 11) is 0. The van der Waals surface area contributed by atoms with E-state index in [2.05, 4.69) is 20.8 Å². The molecular weight excluding hydrogens is 488 g/mol. The summed E-state index contributed by atoms with van der Waals surface area (Å²) in [5, 5.41) is 0. The number of unbranched alkanes of at least 4 members (excludes halogenated alkanes) is 3. The molecule has 0 radical (unpaired) electrons. The van der Waals surface area contributed by atoms with Gasteiger partial charge in [-0.3, -0.25) is 0 Å². The van der Waals surface area contributed by atoms with Crippen molar-refractivity contribution >= 4 is 12.3 Å². The van der Waals surface area contributed by atoms with Crippen molar-refractivity contribution in [2.75, 3.05) is 26.8 Å². The van der Waals surface area contributed by atoms with E-state index in [4.69, 9.17) is 28.4 Å². The van der Waals surface area contributed by atoms with Crippen LogP contribution in [0.4, 0.5) is 9.59 Å². The smallest absolute Gasteiger partial charge is 0.456 e. The van der Waals surface area contributed by atoms with E-state index < -0.39 is 12.3 Å². The van der Waals surface area contributed by atoms with Crippen LogP contribution < -0.4 is 9.47 Å². The van der Waals surface area contributed by atoms with Gasteiger partial charge in [0.2, 0.25) is 13.6 Å². The summed E-state index contributed by atoms with van der Waals surface area (Å²) in [6.45, 7) is 11.7. The van der Waals surface area contributed by atoms with Gasteiger partial charge in [-0.2, -0.15) is 0 Å². The van der Waals surface area contributed by atoms with E-state index >= 15 is 0 Å². The number of hydrogen-bond donors (Lipinski definition) is 0. The Morgan fingerprint density at radius 3 is 1.84 bits per heavy atom. The van der Waals surface area contributed by atoms with E-state index in [1.165, 1.54) is 12.8 Å². The number of hydrogen-bond acceptors (Lipinski definition) is 8. The maximum atomic E-state index is 11.7. The van der Waals surface area contributed by atoms with E-state index in [0.29, 0.717) is 17.1 Å². The van der Waals surface area contributed by atoms with Crippen molar-refractivity contribution in [1.29, 1.82) is 0 Å². The summed E-state index contributed by atoms with van der Waals surface area (Å²) in [5.74, 6) is 0.954. The predicted octanol–water partition coefficient (Wildman–Crippen LogP) is 7.93. The molecule has 2 rings (SSSR count). The third-order valence-corrected chi connectivity index (χ3v) is 6.12. The van der Waals surface area contributed by atoms with E-state index in [-0.39, 0.29) is 32.2 Å². The summed E-state index contributed by atoms with van der Waals surface area (Å²) in [6.07, 6.45) is 3.96. The monoisotopic (exact) mass is 530 g/mol. The maximum absolute atomic E-state index is 11.7. The average Bonchev–Trinajstić information content (AvgIpc) is 2.87. The lowest BCUT2D eigenvalue weighted by atomic mass is 9.79. The molecule has 0 bridgehead atoms. The molecule has 0 saturated carbocycles. The highest BCUT2D eigenvalue weighted by molar-refractivity contribution is 5.78. The molecule has 0 atom stereocenters. The fourth-order valence-corrected chi connectivity index (χ4v) is 4.03. The van der Waals surface area contributed by atoms with Crippen molar-refractivity contribution in [1.82, 2.24) is 0 Å². The minimum Gasteiger partial charge on any atom is -0.456 e. The van der Waals surface area contributed by atoms with Crippen LogP contribution in [-0.4, -0.2) is 39.1 Å². The molecule has 2 aromatic carbocycles. The average molecular weight is 531 g/mol. The van der Waals surface area contributed by atoms with Crippen molar-refractivity contribution in [3.8, 4) is 22.6 Å². The minimum atomic E-state index is -0.809. The first kappa shape index (κ1) is 30.8. The Balaban J connectivity index is 2.50. The molecule has 0 aliphatic carbocycles. The van der Waals surface area contributed by atoms with Gasteiger partial charge in [-0.25, -0.2) is 9.59 Å². The van der Waals surface area contributed by atoms with Crippen LogP contribution in [-0.2, 0) is 24.4 Å². The number of rotatable bonds is 15. The lowest BCUT2D eigenvalue weighted by Crippen LogP contribution is -2.19. The molecule has 8 heteroatoms. The molecule has 0 unspecified atom stereocenters. The third kappa shape index (κ3) is 9.80. The van der Waals surface area contributed by atoms with E-state index in [1.807, 2.05) is 43.3 Å². The first-order valence-electron chi connectivity index (χ1n) is 13.3. The van der Waals surface area contributed by atoms with Crippen LogP contribution in [0.3, 0.4) is 0 Å². The van der Waals surface area contributed by atoms with Crippen LogP contribution in [0, 0.1) is 6.92 Å². The van der Waals surface area contributed by atoms with Crippen molar-refractivity contribution in [3.05, 3.63) is 47.5 Å². The lowest BCUT2D eigenvalue weighted by molar-refractivity contribution is 0.00557. The van der Waals surface area contributed by atoms with Gasteiger partial charge in [0.1, 0.15) is 11.5 Å². The SMILES string of the molecule is CCCCCCC(C)(C)c1cc(OCOC(=O)OCC)c(-c2cccc(C)c2)c(OCOC(=O)OCC)c1. The molecule has 0 amide bonds. The zero-order valence-corrected chi connectivity index (χ0v) is 23.6. The number of benzene rings is 2. The summed E-state index contributed by atoms with van der Waals surface area (Å²) >= 11 is 0. The molecule has 0 fully saturated rings. The number of ether oxygens (including phenoxy) is 6. The van der Waals surface area contributed by atoms with Crippen LogP contribution in [0.15, 0.2) is 36.4 Å². The Morgan fingerprint density at radius 2 is 1.34 bits per heavy atom. The molecular formula is C30H42O8. The molecule has 0 aliphatic rings. The van der Waals surface area contributed by atoms with Crippen molar-refractivity contribution in [2.24, 2.45) is 0 Å². The fourth-order valence-electron chi connectivity index (χ4n) is 4.03. The van der Waals surface area contributed by atoms with Gasteiger partial charge in [0.15, 0.2) is 0 Å². The molecule has 0 N–H and O–H groups in total. The summed E-state index contributed by atoms with van der Waals surface area (Å²) in [5.41, 5.74) is 3.33. The highest BCUT2D eigenvalue weighted by Crippen LogP contribution is 2.44. The number of carbonyl (C=O) groups excluding carboxylic acids is 2. The van der Waals surface area contributed by atoms with Crippen molar-refractivity contribution in [3.63, 3.8) is 0 Å². The maximum Gasteiger partial charge on any atom is 0.511 e. The Labute approximate surface area is 226 Å². The highest BCUT2D eigenvalue weighted by Gasteiger charge is 2.26. The van der Waals surface area contributed by atoms with Gasteiger partial charge in [-0.15, -0.1) is 0 Å². The quantitative estimate of drug-likeness (QED) is 0.130. The van der Waals surface area contributed by atoms with Gasteiger partial charge in [-0.05, 0) is 55.9 Å². The Kier molecular flexibility index (Phi) is 12.8. The number of carbonyl (C=O) groups is 2. The standard InChI is InChI=1S/C30H42O8/c1-7-10-11-12-16-30(5,6)24-18-25(35-20-37-28(31)33-8-2)27(23-15-13-14-22(4)17-23)26(19-24)36-21-38-29(32)34-9-3/h13-15,17-19H,7-12,16,20-21H2,1-6H3. The second-order valence-corrected chi connectivity index (χ2v) is 9.59. The Hall–Kier alpha value is -3.42. The molecule has 2 aromatic rings. The normalized spacial score (nSPS) is 11.0. The lowest BCUT2D eigenvalue weighted by Gasteiger charge is -2.28. The first-order valence-corrected chi connectivity index (χ1v) is 13.3. The third-order valence-electron chi connectivity index (χ3n) is 6.12. The molecule has 210 valence electrons. The second-order valence-electron chi connectivity index (χ2n) is 9.59. The van der Waals surface area contributed by atoms with E-state index in [1.54, 1.807) is 13.8 Å². The zero-order chi connectivity index (χ0) is 28.0. The molecule has 38 heavy (non-hydrogen) atoms. The largest absolute Gasteiger partial charge is 0.511 e. The topological polar surface area (TPSA) is 89.5 Å². The van der Waals surface area contributed by atoms with E-state index in [9.17, 15) is 9.59 Å². The van der Waals surface area contributed by atoms with Crippen molar-refractivity contribution < 1.29 is 38.0 Å². The van der Waals surface area contributed by atoms with Crippen LogP contribution in [0.2, 0.25) is 0 Å². The van der Waals surface area contributed by atoms with Gasteiger partial charge in [0.05, 0.1) is 18.8 Å². The highest BCUT2D eigenvalue weighted by atomic mass is 16.8. The van der Waals surface area contributed by atoms with Crippen LogP contribution in [0.5, 0.6) is 11.5 Å². The van der Waals surface area contributed by atoms with Crippen molar-refractivity contribution in [2.45, 2.75) is 79.1 Å². The van der Waals surface area contributed by atoms with Gasteiger partial charge < -0.3 is 28.4 Å². The van der Waals surface area contributed by atoms with Crippen LogP contribution in [0.25, 0.3) is 11.1 Å². The van der Waals surface area contributed by atoms with Gasteiger partial charge >= 0.3 is 12.3 Å². The molecule has 0 saturated heterocycles. The molecule has 0 aliphatic heterocycles. The zero-order valence-electron chi connectivity index (χ0n) is 23.6. The molecule has 0 heterocycles. The van der Waals surface area contributed by atoms with Gasteiger partial charge in [0, 0.05) is 0 Å². The number of aryl methyl sites for hydroxylation is 1.